The second kappa shape index (κ2) is 16.8. The standard InChI is InChI=1S/C32H40N3O8P/c1-3-41-44(37,42-4-2)32(24-36)31(34-35-33)30(40-22-27-18-12-7-13-19-27)29(39-21-26-16-10-6-11-17-26)28(43-32)23-38-20-25-14-8-5-9-15-25/h5-19,28-31,36H,3-4,20-24H2,1-2H3/t28-,29+,30+,31-,32+/m1/s1. The van der Waals surface area contributed by atoms with Crippen molar-refractivity contribution in [1.82, 2.24) is 0 Å². The Balaban J connectivity index is 1.77. The molecule has 3 aromatic rings. The summed E-state index contributed by atoms with van der Waals surface area (Å²) in [7, 11) is -4.30. The molecule has 0 unspecified atom stereocenters. The van der Waals surface area contributed by atoms with E-state index in [0.717, 1.165) is 16.7 Å². The lowest BCUT2D eigenvalue weighted by Gasteiger charge is -2.52. The molecule has 1 aliphatic heterocycles. The highest BCUT2D eigenvalue weighted by atomic mass is 31.2. The summed E-state index contributed by atoms with van der Waals surface area (Å²) >= 11 is 0. The van der Waals surface area contributed by atoms with Crippen molar-refractivity contribution < 1.29 is 37.7 Å². The molecule has 1 fully saturated rings. The van der Waals surface area contributed by atoms with Gasteiger partial charge in [0.1, 0.15) is 18.2 Å². The minimum Gasteiger partial charge on any atom is -0.393 e. The molecule has 1 saturated heterocycles. The van der Waals surface area contributed by atoms with Crippen LogP contribution in [-0.2, 0) is 52.4 Å². The van der Waals surface area contributed by atoms with E-state index < -0.39 is 43.9 Å². The van der Waals surface area contributed by atoms with Crippen LogP contribution in [0, 0.1) is 0 Å². The van der Waals surface area contributed by atoms with Gasteiger partial charge < -0.3 is 33.1 Å². The summed E-state index contributed by atoms with van der Waals surface area (Å²) in [6, 6.07) is 27.3. The molecule has 0 spiro atoms. The second-order valence-electron chi connectivity index (χ2n) is 10.2. The van der Waals surface area contributed by atoms with E-state index in [4.69, 9.17) is 28.0 Å². The molecule has 1 N–H and O–H groups in total. The van der Waals surface area contributed by atoms with Crippen molar-refractivity contribution in [3.8, 4) is 0 Å². The lowest BCUT2D eigenvalue weighted by atomic mass is 9.92. The van der Waals surface area contributed by atoms with Gasteiger partial charge in [0.15, 0.2) is 0 Å². The zero-order valence-corrected chi connectivity index (χ0v) is 25.9. The average molecular weight is 626 g/mol. The molecule has 0 bridgehead atoms. The fraction of sp³-hybridized carbons (Fsp3) is 0.438. The minimum atomic E-state index is -4.30. The first-order chi connectivity index (χ1) is 21.5. The Morgan fingerprint density at radius 1 is 0.818 bits per heavy atom. The van der Waals surface area contributed by atoms with Crippen molar-refractivity contribution in [3.63, 3.8) is 0 Å². The van der Waals surface area contributed by atoms with Crippen LogP contribution in [0.15, 0.2) is 96.1 Å². The summed E-state index contributed by atoms with van der Waals surface area (Å²) in [4.78, 5) is 3.06. The highest BCUT2D eigenvalue weighted by Crippen LogP contribution is 2.65. The summed E-state index contributed by atoms with van der Waals surface area (Å²) in [6.07, 6.45) is -2.86. The van der Waals surface area contributed by atoms with Gasteiger partial charge in [-0.15, -0.1) is 0 Å². The fourth-order valence-electron chi connectivity index (χ4n) is 5.22. The van der Waals surface area contributed by atoms with E-state index in [2.05, 4.69) is 10.0 Å². The van der Waals surface area contributed by atoms with Gasteiger partial charge in [0.25, 0.3) is 0 Å². The van der Waals surface area contributed by atoms with Crippen LogP contribution in [0.3, 0.4) is 0 Å². The quantitative estimate of drug-likeness (QED) is 0.0786. The SMILES string of the molecule is CCOP(=O)(OCC)[C@]1(CO)O[C@H](COCc2ccccc2)[C@H](OCc2ccccc2)[C@H](OCc2ccccc2)[C@H]1N=[N+]=[N-]. The summed E-state index contributed by atoms with van der Waals surface area (Å²) in [5.74, 6) is 0. The normalized spacial score (nSPS) is 23.6. The number of ether oxygens (including phenoxy) is 4. The molecule has 0 aliphatic carbocycles. The summed E-state index contributed by atoms with van der Waals surface area (Å²) in [5.41, 5.74) is 12.4. The largest absolute Gasteiger partial charge is 0.393 e. The predicted octanol–water partition coefficient (Wildman–Crippen LogP) is 6.41. The Labute approximate surface area is 258 Å². The van der Waals surface area contributed by atoms with Crippen molar-refractivity contribution in [2.45, 2.75) is 63.4 Å². The van der Waals surface area contributed by atoms with Crippen LogP contribution < -0.4 is 0 Å². The average Bonchev–Trinajstić information content (AvgIpc) is 3.05. The van der Waals surface area contributed by atoms with Crippen molar-refractivity contribution in [2.24, 2.45) is 5.11 Å². The van der Waals surface area contributed by atoms with Gasteiger partial charge in [-0.05, 0) is 36.1 Å². The molecule has 12 heteroatoms. The van der Waals surface area contributed by atoms with Crippen molar-refractivity contribution >= 4 is 7.60 Å². The number of rotatable bonds is 17. The van der Waals surface area contributed by atoms with Gasteiger partial charge in [-0.3, -0.25) is 4.57 Å². The number of aliphatic hydroxyl groups excluding tert-OH is 1. The molecule has 0 amide bonds. The first-order valence-electron chi connectivity index (χ1n) is 14.6. The smallest absolute Gasteiger partial charge is 0.365 e. The highest BCUT2D eigenvalue weighted by Gasteiger charge is 2.66. The van der Waals surface area contributed by atoms with Gasteiger partial charge in [0.05, 0.1) is 52.4 Å². The Morgan fingerprint density at radius 2 is 1.30 bits per heavy atom. The van der Waals surface area contributed by atoms with E-state index in [1.807, 2.05) is 91.0 Å². The lowest BCUT2D eigenvalue weighted by molar-refractivity contribution is -0.250. The number of azide groups is 1. The van der Waals surface area contributed by atoms with Crippen molar-refractivity contribution in [1.29, 1.82) is 0 Å². The first kappa shape index (κ1) is 33.8. The molecule has 236 valence electrons. The number of benzene rings is 3. The van der Waals surface area contributed by atoms with E-state index in [9.17, 15) is 15.2 Å². The maximum absolute atomic E-state index is 14.5. The van der Waals surface area contributed by atoms with Crippen molar-refractivity contribution in [3.05, 3.63) is 118 Å². The van der Waals surface area contributed by atoms with Gasteiger partial charge in [0, 0.05) is 4.91 Å². The van der Waals surface area contributed by atoms with E-state index in [0.29, 0.717) is 0 Å². The minimum absolute atomic E-state index is 0.00990. The van der Waals surface area contributed by atoms with E-state index in [-0.39, 0.29) is 39.6 Å². The van der Waals surface area contributed by atoms with E-state index in [1.54, 1.807) is 13.8 Å². The molecular weight excluding hydrogens is 585 g/mol. The predicted molar refractivity (Wildman–Crippen MR) is 165 cm³/mol. The maximum Gasteiger partial charge on any atom is 0.365 e. The molecular formula is C32H40N3O8P. The zero-order valence-electron chi connectivity index (χ0n) is 25.0. The number of hydrogen-bond donors (Lipinski definition) is 1. The fourth-order valence-corrected chi connectivity index (χ4v) is 7.37. The van der Waals surface area contributed by atoms with Crippen LogP contribution in [0.1, 0.15) is 30.5 Å². The molecule has 44 heavy (non-hydrogen) atoms. The molecule has 0 aromatic heterocycles. The van der Waals surface area contributed by atoms with Gasteiger partial charge in [-0.1, -0.05) is 96.1 Å². The lowest BCUT2D eigenvalue weighted by Crippen LogP contribution is -2.67. The molecule has 1 aliphatic rings. The van der Waals surface area contributed by atoms with Gasteiger partial charge in [-0.25, -0.2) is 0 Å². The van der Waals surface area contributed by atoms with Crippen LogP contribution in [0.2, 0.25) is 0 Å². The molecule has 0 saturated carbocycles. The number of nitrogens with zero attached hydrogens (tertiary/aromatic N) is 3. The van der Waals surface area contributed by atoms with Crippen LogP contribution in [0.4, 0.5) is 0 Å². The highest BCUT2D eigenvalue weighted by molar-refractivity contribution is 7.55. The van der Waals surface area contributed by atoms with Crippen LogP contribution in [-0.4, -0.2) is 61.2 Å². The summed E-state index contributed by atoms with van der Waals surface area (Å²) < 4.78 is 51.5. The molecule has 5 atom stereocenters. The molecule has 1 heterocycles. The Morgan fingerprint density at radius 3 is 1.75 bits per heavy atom. The molecule has 3 aromatic carbocycles. The van der Waals surface area contributed by atoms with E-state index >= 15 is 0 Å². The monoisotopic (exact) mass is 625 g/mol. The van der Waals surface area contributed by atoms with Gasteiger partial charge in [0.2, 0.25) is 5.34 Å². The van der Waals surface area contributed by atoms with Crippen LogP contribution in [0.5, 0.6) is 0 Å². The third kappa shape index (κ3) is 8.14. The second-order valence-corrected chi connectivity index (χ2v) is 12.4. The van der Waals surface area contributed by atoms with Crippen LogP contribution in [0.25, 0.3) is 10.4 Å². The van der Waals surface area contributed by atoms with Gasteiger partial charge >= 0.3 is 7.60 Å². The van der Waals surface area contributed by atoms with Crippen LogP contribution >= 0.6 is 7.60 Å². The maximum atomic E-state index is 14.5. The number of aliphatic hydroxyl groups is 1. The Hall–Kier alpha value is -3.08. The molecule has 4 rings (SSSR count). The zero-order chi connectivity index (χ0) is 31.3. The van der Waals surface area contributed by atoms with Gasteiger partial charge in [-0.2, -0.15) is 0 Å². The molecule has 11 nitrogen and oxygen atoms in total. The van der Waals surface area contributed by atoms with E-state index in [1.165, 1.54) is 0 Å². The Bertz CT molecular complexity index is 1350. The Kier molecular flexibility index (Phi) is 12.9. The summed E-state index contributed by atoms with van der Waals surface area (Å²) in [5, 5.41) is 12.9. The molecule has 0 radical (unpaired) electrons. The first-order valence-corrected chi connectivity index (χ1v) is 16.2. The third-order valence-corrected chi connectivity index (χ3v) is 9.88. The number of hydrogen-bond acceptors (Lipinski definition) is 9. The van der Waals surface area contributed by atoms with Crippen molar-refractivity contribution in [2.75, 3.05) is 26.4 Å². The topological polar surface area (TPSA) is 141 Å². The summed E-state index contributed by atoms with van der Waals surface area (Å²) in [6.45, 7) is 2.97. The third-order valence-electron chi connectivity index (χ3n) is 7.25.